The molecule has 2 saturated heterocycles. The Morgan fingerprint density at radius 2 is 1.98 bits per heavy atom. The van der Waals surface area contributed by atoms with Gasteiger partial charge >= 0.3 is 5.97 Å². The number of ether oxygens (including phenoxy) is 4. The highest BCUT2D eigenvalue weighted by atomic mass is 35.5. The zero-order chi connectivity index (χ0) is 30.6. The molecule has 3 atom stereocenters. The monoisotopic (exact) mass is 618 g/mol. The van der Waals surface area contributed by atoms with Crippen molar-refractivity contribution >= 4 is 28.6 Å². The van der Waals surface area contributed by atoms with Crippen LogP contribution in [0, 0.1) is 0 Å². The van der Waals surface area contributed by atoms with Crippen LogP contribution < -0.4 is 14.2 Å². The predicted octanol–water partition coefficient (Wildman–Crippen LogP) is 6.17. The third kappa shape index (κ3) is 5.04. The number of carbonyl (C=O) groups is 1. The van der Waals surface area contributed by atoms with Crippen LogP contribution in [0.25, 0.3) is 11.0 Å². The van der Waals surface area contributed by atoms with Crippen LogP contribution >= 0.6 is 11.6 Å². The Morgan fingerprint density at radius 1 is 1.18 bits per heavy atom. The molecule has 44 heavy (non-hydrogen) atoms. The molecule has 2 aromatic heterocycles. The second-order valence-electron chi connectivity index (χ2n) is 11.9. The zero-order valence-electron chi connectivity index (χ0n) is 25.0. The van der Waals surface area contributed by atoms with Gasteiger partial charge in [0, 0.05) is 25.3 Å². The van der Waals surface area contributed by atoms with Crippen LogP contribution in [0.5, 0.6) is 17.2 Å². The molecule has 5 heterocycles. The van der Waals surface area contributed by atoms with E-state index in [1.54, 1.807) is 31.5 Å². The highest BCUT2D eigenvalue weighted by Gasteiger charge is 2.42. The van der Waals surface area contributed by atoms with E-state index in [0.717, 1.165) is 67.4 Å². The van der Waals surface area contributed by atoms with Gasteiger partial charge in [0.2, 0.25) is 0 Å². The Labute approximate surface area is 260 Å². The molecule has 3 aliphatic heterocycles. The molecule has 3 aliphatic rings. The second-order valence-corrected chi connectivity index (χ2v) is 12.3. The summed E-state index contributed by atoms with van der Waals surface area (Å²) in [5.74, 6) is 1.13. The van der Waals surface area contributed by atoms with Crippen molar-refractivity contribution in [2.24, 2.45) is 0 Å². The Bertz CT molecular complexity index is 1710. The molecule has 1 N–H and O–H groups in total. The van der Waals surface area contributed by atoms with Crippen LogP contribution in [0.15, 0.2) is 48.7 Å². The number of benzene rings is 2. The molecular formula is C33H35ClN4O6. The fourth-order valence-corrected chi connectivity index (χ4v) is 6.72. The predicted molar refractivity (Wildman–Crippen MR) is 164 cm³/mol. The summed E-state index contributed by atoms with van der Waals surface area (Å²) in [7, 11) is 1.55. The Hall–Kier alpha value is -3.86. The molecule has 1 unspecified atom stereocenters. The van der Waals surface area contributed by atoms with Crippen molar-refractivity contribution in [1.29, 1.82) is 0 Å². The molecule has 0 saturated carbocycles. The summed E-state index contributed by atoms with van der Waals surface area (Å²) in [6.07, 6.45) is 4.54. The fraction of sp³-hybridized carbons (Fsp3) is 0.424. The van der Waals surface area contributed by atoms with Crippen molar-refractivity contribution in [3.63, 3.8) is 0 Å². The van der Waals surface area contributed by atoms with Gasteiger partial charge in [-0.05, 0) is 75.5 Å². The number of pyridine rings is 1. The van der Waals surface area contributed by atoms with Crippen molar-refractivity contribution in [2.45, 2.75) is 63.5 Å². The normalized spacial score (nSPS) is 22.6. The van der Waals surface area contributed by atoms with Gasteiger partial charge in [-0.15, -0.1) is 0 Å². The lowest BCUT2D eigenvalue weighted by Gasteiger charge is -2.37. The van der Waals surface area contributed by atoms with Crippen molar-refractivity contribution in [2.75, 3.05) is 26.8 Å². The number of likely N-dealkylation sites (tertiary alicyclic amines) is 1. The quantitative estimate of drug-likeness (QED) is 0.248. The minimum Gasteiger partial charge on any atom is -0.494 e. The molecule has 11 heteroatoms. The van der Waals surface area contributed by atoms with Crippen LogP contribution in [0.4, 0.5) is 0 Å². The number of fused-ring (bicyclic) bond motifs is 2. The van der Waals surface area contributed by atoms with E-state index in [4.69, 9.17) is 35.5 Å². The molecule has 0 bridgehead atoms. The number of methoxy groups -OCH3 is 1. The van der Waals surface area contributed by atoms with E-state index in [2.05, 4.69) is 27.4 Å². The number of aromatic carboxylic acids is 1. The Balaban J connectivity index is 1.12. The number of nitrogens with zero attached hydrogens (tertiary/aromatic N) is 4. The molecule has 2 fully saturated rings. The van der Waals surface area contributed by atoms with Gasteiger partial charge in [0.25, 0.3) is 5.79 Å². The van der Waals surface area contributed by atoms with E-state index in [0.29, 0.717) is 34.4 Å². The van der Waals surface area contributed by atoms with E-state index in [1.807, 2.05) is 25.1 Å². The molecule has 2 aromatic carbocycles. The first-order valence-electron chi connectivity index (χ1n) is 15.0. The number of aromatic nitrogens is 3. The van der Waals surface area contributed by atoms with Crippen LogP contribution in [0.2, 0.25) is 5.02 Å². The molecule has 4 aromatic rings. The van der Waals surface area contributed by atoms with Crippen molar-refractivity contribution in [3.05, 3.63) is 76.3 Å². The van der Waals surface area contributed by atoms with Gasteiger partial charge in [-0.1, -0.05) is 23.7 Å². The average Bonchev–Trinajstić information content (AvgIpc) is 3.56. The second kappa shape index (κ2) is 11.3. The first-order valence-corrected chi connectivity index (χ1v) is 15.4. The first-order chi connectivity index (χ1) is 21.2. The van der Waals surface area contributed by atoms with Crippen molar-refractivity contribution in [1.82, 2.24) is 19.4 Å². The highest BCUT2D eigenvalue weighted by molar-refractivity contribution is 6.30. The summed E-state index contributed by atoms with van der Waals surface area (Å²) in [6, 6.07) is 13.0. The number of hydrogen-bond donors (Lipinski definition) is 1. The molecule has 0 radical (unpaired) electrons. The third-order valence-corrected chi connectivity index (χ3v) is 9.41. The molecular weight excluding hydrogens is 584 g/mol. The maximum atomic E-state index is 11.9. The van der Waals surface area contributed by atoms with E-state index >= 15 is 0 Å². The van der Waals surface area contributed by atoms with Crippen molar-refractivity contribution in [3.8, 4) is 17.2 Å². The van der Waals surface area contributed by atoms with Crippen molar-refractivity contribution < 1.29 is 28.8 Å². The zero-order valence-corrected chi connectivity index (χ0v) is 25.7. The number of halogens is 1. The highest BCUT2D eigenvalue weighted by Crippen LogP contribution is 2.49. The van der Waals surface area contributed by atoms with Crippen LogP contribution in [0.3, 0.4) is 0 Å². The van der Waals surface area contributed by atoms with E-state index < -0.39 is 11.8 Å². The largest absolute Gasteiger partial charge is 0.494 e. The summed E-state index contributed by atoms with van der Waals surface area (Å²) in [5.41, 5.74) is 3.41. The molecule has 10 nitrogen and oxygen atoms in total. The smallest absolute Gasteiger partial charge is 0.335 e. The number of hydrogen-bond acceptors (Lipinski definition) is 8. The first kappa shape index (κ1) is 28.9. The number of carboxylic acids is 1. The number of para-hydroxylation sites is 1. The van der Waals surface area contributed by atoms with Gasteiger partial charge in [0.05, 0.1) is 41.9 Å². The van der Waals surface area contributed by atoms with E-state index in [-0.39, 0.29) is 17.7 Å². The summed E-state index contributed by atoms with van der Waals surface area (Å²) in [5, 5.41) is 10.3. The van der Waals surface area contributed by atoms with E-state index in [1.165, 1.54) is 0 Å². The maximum absolute atomic E-state index is 11.9. The SMILES string of the molecule is COc1cc(C(=O)O)cc2c1nc([C@@H](C)N1CCC(c3cccc4c3OC(C)(c3ccc(Cl)cn3)O4)CC1)n2C[C@@H]1CCO1. The lowest BCUT2D eigenvalue weighted by Crippen LogP contribution is -2.37. The summed E-state index contributed by atoms with van der Waals surface area (Å²) in [4.78, 5) is 23.8. The molecule has 0 spiro atoms. The average molecular weight is 619 g/mol. The third-order valence-electron chi connectivity index (χ3n) is 9.19. The van der Waals surface area contributed by atoms with Gasteiger partial charge in [0.15, 0.2) is 11.5 Å². The standard InChI is InChI=1S/C33H35ClN4O6/c1-19(31-36-29-25(38(31)18-23-11-14-42-23)15-21(32(39)40)16-27(29)41-3)37-12-9-20(10-13-37)24-5-4-6-26-30(24)44-33(2,43-26)28-8-7-22(34)17-35-28/h4-8,15-17,19-20,23H,9-14,18H2,1-3H3,(H,39,40)/t19-,23+,33?/m1/s1. The van der Waals surface area contributed by atoms with Gasteiger partial charge in [-0.2, -0.15) is 0 Å². The van der Waals surface area contributed by atoms with Crippen LogP contribution in [-0.2, 0) is 17.1 Å². The number of carboxylic acid groups (broad SMARTS) is 1. The summed E-state index contributed by atoms with van der Waals surface area (Å²) < 4.78 is 26.3. The number of rotatable bonds is 8. The molecule has 7 rings (SSSR count). The van der Waals surface area contributed by atoms with Crippen LogP contribution in [-0.4, -0.2) is 63.4 Å². The lowest BCUT2D eigenvalue weighted by molar-refractivity contribution is -0.0722. The number of imidazole rings is 1. The number of piperidine rings is 1. The van der Waals surface area contributed by atoms with Gasteiger partial charge in [0.1, 0.15) is 22.8 Å². The topological polar surface area (TPSA) is 108 Å². The minimum absolute atomic E-state index is 0.00162. The summed E-state index contributed by atoms with van der Waals surface area (Å²) in [6.45, 7) is 7.15. The lowest BCUT2D eigenvalue weighted by atomic mass is 9.88. The molecule has 230 valence electrons. The Kier molecular flexibility index (Phi) is 7.39. The maximum Gasteiger partial charge on any atom is 0.335 e. The van der Waals surface area contributed by atoms with Gasteiger partial charge in [-0.25, -0.2) is 9.78 Å². The van der Waals surface area contributed by atoms with E-state index in [9.17, 15) is 9.90 Å². The minimum atomic E-state index is -1.02. The molecule has 0 aliphatic carbocycles. The Morgan fingerprint density at radius 3 is 2.64 bits per heavy atom. The fourth-order valence-electron chi connectivity index (χ4n) is 6.61. The van der Waals surface area contributed by atoms with Gasteiger partial charge in [-0.3, -0.25) is 9.88 Å². The van der Waals surface area contributed by atoms with Gasteiger partial charge < -0.3 is 28.6 Å². The summed E-state index contributed by atoms with van der Waals surface area (Å²) >= 11 is 6.06. The molecule has 0 amide bonds. The van der Waals surface area contributed by atoms with Crippen LogP contribution in [0.1, 0.15) is 72.5 Å².